The number of carbonyl (C=O) groups excluding carboxylic acids is 1. The van der Waals surface area contributed by atoms with Crippen molar-refractivity contribution in [2.75, 3.05) is 13.1 Å². The molecule has 0 aromatic carbocycles. The first-order valence-corrected chi connectivity index (χ1v) is 17.1. The summed E-state index contributed by atoms with van der Waals surface area (Å²) in [6.07, 6.45) is 40.6. The number of aliphatic imine (C=N–C) groups is 1. The van der Waals surface area contributed by atoms with Crippen molar-refractivity contribution in [3.63, 3.8) is 0 Å². The number of unbranched alkanes of at least 4 members (excludes halogenated alkanes) is 27. The van der Waals surface area contributed by atoms with Crippen molar-refractivity contribution >= 4 is 35.2 Å². The molecular formula is C32H62N2OS2. The van der Waals surface area contributed by atoms with E-state index in [9.17, 15) is 4.79 Å². The maximum atomic E-state index is 9.98. The van der Waals surface area contributed by atoms with Gasteiger partial charge >= 0.3 is 0 Å². The second-order valence-electron chi connectivity index (χ2n) is 11.1. The van der Waals surface area contributed by atoms with Crippen LogP contribution in [0.4, 0.5) is 0 Å². The summed E-state index contributed by atoms with van der Waals surface area (Å²) < 4.78 is 0.624. The summed E-state index contributed by atoms with van der Waals surface area (Å²) >= 11 is 8.97. The van der Waals surface area contributed by atoms with Gasteiger partial charge in [0.1, 0.15) is 4.32 Å². The molecule has 0 aromatic rings. The third kappa shape index (κ3) is 35.6. The maximum absolute atomic E-state index is 9.98. The Morgan fingerprint density at radius 3 is 0.973 bits per heavy atom. The fraction of sp³-hybridized carbons (Fsp3) is 0.938. The van der Waals surface area contributed by atoms with E-state index < -0.39 is 0 Å². The van der Waals surface area contributed by atoms with Gasteiger partial charge in [-0.15, -0.1) is 12.6 Å². The average Bonchev–Trinajstić information content (AvgIpc) is 2.89. The minimum atomic E-state index is 0.624. The predicted octanol–water partition coefficient (Wildman–Crippen LogP) is 11.0. The van der Waals surface area contributed by atoms with Gasteiger partial charge in [-0.3, -0.25) is 0 Å². The highest BCUT2D eigenvalue weighted by molar-refractivity contribution is 8.11. The van der Waals surface area contributed by atoms with Crippen LogP contribution in [0, 0.1) is 0 Å². The Labute approximate surface area is 242 Å². The molecule has 0 aromatic heterocycles. The minimum absolute atomic E-state index is 0.624. The Kier molecular flexibility index (Phi) is 33.3. The molecule has 0 rings (SSSR count). The van der Waals surface area contributed by atoms with Crippen LogP contribution >= 0.6 is 24.8 Å². The summed E-state index contributed by atoms with van der Waals surface area (Å²) in [5.41, 5.74) is 0. The van der Waals surface area contributed by atoms with Crippen molar-refractivity contribution in [1.82, 2.24) is 5.32 Å². The molecule has 1 N–H and O–H groups in total. The topological polar surface area (TPSA) is 41.5 Å². The standard InChI is InChI=1S/C32H62N2OS2/c35-31-33-29-27-25-23-21-19-17-15-13-11-9-7-5-3-1-2-4-6-8-10-12-14-16-18-20-22-24-26-28-30-34-32(36)37/h1-30H2,(H2,34,36,37). The van der Waals surface area contributed by atoms with E-state index in [1.165, 1.54) is 173 Å². The number of hydrogen-bond acceptors (Lipinski definition) is 3. The van der Waals surface area contributed by atoms with Crippen molar-refractivity contribution in [3.05, 3.63) is 0 Å². The molecule has 0 spiro atoms. The zero-order valence-electron chi connectivity index (χ0n) is 24.4. The average molecular weight is 555 g/mol. The van der Waals surface area contributed by atoms with E-state index in [1.807, 2.05) is 0 Å². The van der Waals surface area contributed by atoms with Crippen LogP contribution in [0.5, 0.6) is 0 Å². The van der Waals surface area contributed by atoms with Gasteiger partial charge in [0.2, 0.25) is 6.08 Å². The first-order valence-electron chi connectivity index (χ1n) is 16.3. The molecule has 0 amide bonds. The van der Waals surface area contributed by atoms with Crippen LogP contribution < -0.4 is 5.32 Å². The Bertz CT molecular complexity index is 479. The second-order valence-corrected chi connectivity index (χ2v) is 12.3. The lowest BCUT2D eigenvalue weighted by molar-refractivity contribution is 0.513. The fourth-order valence-corrected chi connectivity index (χ4v) is 5.37. The highest BCUT2D eigenvalue weighted by atomic mass is 32.1. The minimum Gasteiger partial charge on any atom is -0.371 e. The van der Waals surface area contributed by atoms with Crippen LogP contribution in [0.15, 0.2) is 4.99 Å². The lowest BCUT2D eigenvalue weighted by atomic mass is 10.0. The van der Waals surface area contributed by atoms with Gasteiger partial charge in [0.05, 0.1) is 6.54 Å². The number of rotatable bonds is 31. The monoisotopic (exact) mass is 554 g/mol. The molecule has 0 radical (unpaired) electrons. The highest BCUT2D eigenvalue weighted by Crippen LogP contribution is 2.16. The number of thiol groups is 1. The molecule has 0 saturated heterocycles. The van der Waals surface area contributed by atoms with Gasteiger partial charge in [-0.05, 0) is 12.8 Å². The van der Waals surface area contributed by atoms with E-state index in [0.29, 0.717) is 10.9 Å². The van der Waals surface area contributed by atoms with E-state index in [2.05, 4.69) is 22.9 Å². The number of thiocarbonyl (C=S) groups is 1. The third-order valence-corrected chi connectivity index (χ3v) is 7.84. The van der Waals surface area contributed by atoms with Crippen molar-refractivity contribution in [2.24, 2.45) is 4.99 Å². The number of hydrogen-bond donors (Lipinski definition) is 2. The molecule has 0 bridgehead atoms. The molecule has 0 aliphatic carbocycles. The molecule has 3 nitrogen and oxygen atoms in total. The molecule has 0 saturated carbocycles. The largest absolute Gasteiger partial charge is 0.371 e. The van der Waals surface area contributed by atoms with Crippen LogP contribution in [0.25, 0.3) is 0 Å². The molecule has 37 heavy (non-hydrogen) atoms. The second kappa shape index (κ2) is 33.6. The van der Waals surface area contributed by atoms with E-state index in [1.54, 1.807) is 6.08 Å². The molecule has 0 fully saturated rings. The van der Waals surface area contributed by atoms with Gasteiger partial charge in [0, 0.05) is 6.54 Å². The number of isocyanates is 1. The molecule has 218 valence electrons. The van der Waals surface area contributed by atoms with Crippen LogP contribution in [-0.2, 0) is 4.79 Å². The molecular weight excluding hydrogens is 492 g/mol. The quantitative estimate of drug-likeness (QED) is 0.0294. The van der Waals surface area contributed by atoms with Gasteiger partial charge in [-0.25, -0.2) is 9.79 Å². The predicted molar refractivity (Wildman–Crippen MR) is 172 cm³/mol. The fourth-order valence-electron chi connectivity index (χ4n) is 5.15. The van der Waals surface area contributed by atoms with Gasteiger partial charge in [0.15, 0.2) is 0 Å². The third-order valence-electron chi connectivity index (χ3n) is 7.54. The molecule has 0 atom stereocenters. The van der Waals surface area contributed by atoms with E-state index in [4.69, 9.17) is 12.2 Å². The van der Waals surface area contributed by atoms with Gasteiger partial charge in [-0.2, -0.15) is 0 Å². The smallest absolute Gasteiger partial charge is 0.234 e. The van der Waals surface area contributed by atoms with Gasteiger partial charge < -0.3 is 5.32 Å². The molecule has 0 aliphatic rings. The molecule has 0 unspecified atom stereocenters. The molecule has 0 aliphatic heterocycles. The lowest BCUT2D eigenvalue weighted by Gasteiger charge is -2.05. The van der Waals surface area contributed by atoms with E-state index >= 15 is 0 Å². The summed E-state index contributed by atoms with van der Waals surface area (Å²) in [4.78, 5) is 13.6. The SMILES string of the molecule is O=C=NCCCCCCCCCCCCCCCCCCCCCCCCCCCCCCNC(=S)S. The summed E-state index contributed by atoms with van der Waals surface area (Å²) in [5, 5.41) is 3.11. The summed E-state index contributed by atoms with van der Waals surface area (Å²) in [5.74, 6) is 0. The van der Waals surface area contributed by atoms with Crippen LogP contribution in [-0.4, -0.2) is 23.5 Å². The Hall–Kier alpha value is -0.380. The highest BCUT2D eigenvalue weighted by Gasteiger charge is 1.97. The Morgan fingerprint density at radius 1 is 0.486 bits per heavy atom. The van der Waals surface area contributed by atoms with Crippen LogP contribution in [0.3, 0.4) is 0 Å². The van der Waals surface area contributed by atoms with Crippen molar-refractivity contribution in [1.29, 1.82) is 0 Å². The van der Waals surface area contributed by atoms with Crippen LogP contribution in [0.1, 0.15) is 180 Å². The Morgan fingerprint density at radius 2 is 0.730 bits per heavy atom. The zero-order valence-corrected chi connectivity index (χ0v) is 26.1. The van der Waals surface area contributed by atoms with E-state index in [0.717, 1.165) is 13.0 Å². The van der Waals surface area contributed by atoms with Crippen molar-refractivity contribution in [3.8, 4) is 0 Å². The van der Waals surface area contributed by atoms with E-state index in [-0.39, 0.29) is 0 Å². The summed E-state index contributed by atoms with van der Waals surface area (Å²) in [6, 6.07) is 0. The first-order chi connectivity index (χ1) is 18.3. The summed E-state index contributed by atoms with van der Waals surface area (Å²) in [6.45, 7) is 1.65. The normalized spacial score (nSPS) is 10.9. The number of nitrogens with one attached hydrogen (secondary N) is 1. The maximum Gasteiger partial charge on any atom is 0.234 e. The Balaban J connectivity index is 3.03. The molecule has 5 heteroatoms. The zero-order chi connectivity index (χ0) is 26.9. The van der Waals surface area contributed by atoms with Crippen LogP contribution in [0.2, 0.25) is 0 Å². The summed E-state index contributed by atoms with van der Waals surface area (Å²) in [7, 11) is 0. The number of nitrogens with zero attached hydrogens (tertiary/aromatic N) is 1. The first kappa shape index (κ1) is 36.6. The van der Waals surface area contributed by atoms with Crippen molar-refractivity contribution < 1.29 is 4.79 Å². The van der Waals surface area contributed by atoms with Gasteiger partial charge in [-0.1, -0.05) is 179 Å². The van der Waals surface area contributed by atoms with Gasteiger partial charge in [0.25, 0.3) is 0 Å². The molecule has 0 heterocycles. The lowest BCUT2D eigenvalue weighted by Crippen LogP contribution is -2.17. The van der Waals surface area contributed by atoms with Crippen molar-refractivity contribution in [2.45, 2.75) is 180 Å².